The van der Waals surface area contributed by atoms with Crippen LogP contribution in [0.3, 0.4) is 0 Å². The van der Waals surface area contributed by atoms with E-state index in [1.54, 1.807) is 0 Å². The Bertz CT molecular complexity index is 636. The second-order valence-electron chi connectivity index (χ2n) is 8.53. The molecule has 1 atom stereocenters. The molecule has 3 saturated heterocycles. The molecular weight excluding hydrogens is 463 g/mol. The highest BCUT2D eigenvalue weighted by atomic mass is 127. The number of nitrogens with one attached hydrogen (secondary N) is 1. The number of benzene rings is 1. The van der Waals surface area contributed by atoms with E-state index in [0.717, 1.165) is 45.4 Å². The molecule has 5 nitrogen and oxygen atoms in total. The maximum atomic E-state index is 5.65. The van der Waals surface area contributed by atoms with Gasteiger partial charge in [0, 0.05) is 45.2 Å². The normalized spacial score (nSPS) is 25.9. The molecule has 0 amide bonds. The minimum atomic E-state index is 0. The quantitative estimate of drug-likeness (QED) is 0.392. The third-order valence-electron chi connectivity index (χ3n) is 6.46. The van der Waals surface area contributed by atoms with Crippen LogP contribution in [0.5, 0.6) is 0 Å². The highest BCUT2D eigenvalue weighted by Crippen LogP contribution is 2.38. The molecule has 0 bridgehead atoms. The van der Waals surface area contributed by atoms with Crippen molar-refractivity contribution >= 4 is 29.9 Å². The first-order valence-electron chi connectivity index (χ1n) is 10.6. The van der Waals surface area contributed by atoms with E-state index in [2.05, 4.69) is 44.4 Å². The summed E-state index contributed by atoms with van der Waals surface area (Å²) in [5, 5.41) is 3.56. The molecule has 3 aliphatic heterocycles. The van der Waals surface area contributed by atoms with E-state index in [0.29, 0.717) is 5.41 Å². The highest BCUT2D eigenvalue weighted by molar-refractivity contribution is 14.0. The minimum absolute atomic E-state index is 0. The van der Waals surface area contributed by atoms with Gasteiger partial charge in [-0.05, 0) is 49.9 Å². The molecule has 4 rings (SSSR count). The fraction of sp³-hybridized carbons (Fsp3) is 0.682. The number of aliphatic imine (C=N–C) groups is 1. The number of guanidine groups is 1. The van der Waals surface area contributed by atoms with Crippen molar-refractivity contribution in [3.63, 3.8) is 0 Å². The van der Waals surface area contributed by atoms with E-state index in [9.17, 15) is 0 Å². The number of ether oxygens (including phenoxy) is 1. The zero-order chi connectivity index (χ0) is 18.5. The number of hydrogen-bond donors (Lipinski definition) is 1. The van der Waals surface area contributed by atoms with Crippen molar-refractivity contribution in [2.45, 2.75) is 45.2 Å². The van der Waals surface area contributed by atoms with Gasteiger partial charge in [-0.2, -0.15) is 0 Å². The average Bonchev–Trinajstić information content (AvgIpc) is 3.34. The summed E-state index contributed by atoms with van der Waals surface area (Å²) in [6.45, 7) is 8.41. The molecule has 28 heavy (non-hydrogen) atoms. The summed E-state index contributed by atoms with van der Waals surface area (Å²) in [5.74, 6) is 1.02. The van der Waals surface area contributed by atoms with Gasteiger partial charge in [-0.3, -0.25) is 9.89 Å². The van der Waals surface area contributed by atoms with Gasteiger partial charge in [0.25, 0.3) is 0 Å². The largest absolute Gasteiger partial charge is 0.381 e. The second kappa shape index (κ2) is 10.3. The Morgan fingerprint density at radius 2 is 1.82 bits per heavy atom. The Hall–Kier alpha value is -0.860. The summed E-state index contributed by atoms with van der Waals surface area (Å²) in [5.41, 5.74) is 3.11. The van der Waals surface area contributed by atoms with Crippen molar-refractivity contribution in [2.75, 3.05) is 46.4 Å². The molecule has 6 heteroatoms. The predicted octanol–water partition coefficient (Wildman–Crippen LogP) is 3.48. The van der Waals surface area contributed by atoms with Gasteiger partial charge in [-0.25, -0.2) is 0 Å². The highest BCUT2D eigenvalue weighted by Gasteiger charge is 2.42. The molecule has 1 spiro atoms. The number of rotatable bonds is 4. The zero-order valence-corrected chi connectivity index (χ0v) is 19.5. The van der Waals surface area contributed by atoms with E-state index in [-0.39, 0.29) is 24.0 Å². The molecule has 1 unspecified atom stereocenters. The number of likely N-dealkylation sites (tertiary alicyclic amines) is 2. The van der Waals surface area contributed by atoms with Crippen molar-refractivity contribution in [3.05, 3.63) is 35.4 Å². The molecule has 1 N–H and O–H groups in total. The topological polar surface area (TPSA) is 40.1 Å². The summed E-state index contributed by atoms with van der Waals surface area (Å²) in [4.78, 5) is 9.50. The van der Waals surface area contributed by atoms with Crippen molar-refractivity contribution in [1.82, 2.24) is 15.1 Å². The summed E-state index contributed by atoms with van der Waals surface area (Å²) in [6.07, 6.45) is 6.52. The summed E-state index contributed by atoms with van der Waals surface area (Å²) in [6, 6.07) is 9.09. The van der Waals surface area contributed by atoms with Crippen LogP contribution in [0.15, 0.2) is 29.3 Å². The van der Waals surface area contributed by atoms with Crippen molar-refractivity contribution in [2.24, 2.45) is 10.4 Å². The molecule has 0 saturated carbocycles. The molecule has 1 aromatic carbocycles. The molecule has 3 fully saturated rings. The van der Waals surface area contributed by atoms with E-state index in [1.165, 1.54) is 56.3 Å². The van der Waals surface area contributed by atoms with Crippen LogP contribution in [0.4, 0.5) is 0 Å². The first-order chi connectivity index (χ1) is 13.3. The SMILES string of the molecule is CN=C(NCc1ccc(CN2CCCCC2)cc1)N1CCC2(CCOC2)C1.I. The lowest BCUT2D eigenvalue weighted by Crippen LogP contribution is -2.41. The fourth-order valence-electron chi connectivity index (χ4n) is 4.74. The molecule has 3 aliphatic rings. The monoisotopic (exact) mass is 498 g/mol. The number of piperidine rings is 1. The minimum Gasteiger partial charge on any atom is -0.381 e. The number of hydrogen-bond acceptors (Lipinski definition) is 3. The van der Waals surface area contributed by atoms with Crippen LogP contribution in [0, 0.1) is 5.41 Å². The molecule has 0 radical (unpaired) electrons. The summed E-state index contributed by atoms with van der Waals surface area (Å²) < 4.78 is 5.65. The maximum absolute atomic E-state index is 5.65. The lowest BCUT2D eigenvalue weighted by atomic mass is 9.87. The van der Waals surface area contributed by atoms with Gasteiger partial charge < -0.3 is 15.0 Å². The maximum Gasteiger partial charge on any atom is 0.193 e. The third kappa shape index (κ3) is 5.39. The van der Waals surface area contributed by atoms with Crippen LogP contribution >= 0.6 is 24.0 Å². The van der Waals surface area contributed by atoms with Gasteiger partial charge in [-0.1, -0.05) is 30.7 Å². The van der Waals surface area contributed by atoms with Crippen LogP contribution in [-0.2, 0) is 17.8 Å². The van der Waals surface area contributed by atoms with E-state index < -0.39 is 0 Å². The standard InChI is InChI=1S/C22H34N4O.HI/c1-23-21(26-13-9-22(17-26)10-14-27-18-22)24-15-19-5-7-20(8-6-19)16-25-11-3-2-4-12-25;/h5-8H,2-4,9-18H2,1H3,(H,23,24);1H. The Morgan fingerprint density at radius 1 is 1.07 bits per heavy atom. The second-order valence-corrected chi connectivity index (χ2v) is 8.53. The van der Waals surface area contributed by atoms with E-state index in [1.807, 2.05) is 7.05 Å². The molecular formula is C22H35IN4O. The van der Waals surface area contributed by atoms with Crippen molar-refractivity contribution in [3.8, 4) is 0 Å². The van der Waals surface area contributed by atoms with Gasteiger partial charge in [0.2, 0.25) is 0 Å². The Balaban J connectivity index is 0.00000225. The number of halogens is 1. The van der Waals surface area contributed by atoms with Gasteiger partial charge in [0.15, 0.2) is 5.96 Å². The average molecular weight is 498 g/mol. The van der Waals surface area contributed by atoms with Crippen LogP contribution in [0.2, 0.25) is 0 Å². The molecule has 3 heterocycles. The lowest BCUT2D eigenvalue weighted by Gasteiger charge is -2.26. The van der Waals surface area contributed by atoms with Gasteiger partial charge >= 0.3 is 0 Å². The summed E-state index contributed by atoms with van der Waals surface area (Å²) >= 11 is 0. The van der Waals surface area contributed by atoms with E-state index in [4.69, 9.17) is 4.74 Å². The van der Waals surface area contributed by atoms with Crippen LogP contribution in [0.25, 0.3) is 0 Å². The van der Waals surface area contributed by atoms with Gasteiger partial charge in [0.1, 0.15) is 0 Å². The lowest BCUT2D eigenvalue weighted by molar-refractivity contribution is 0.156. The van der Waals surface area contributed by atoms with Gasteiger partial charge in [-0.15, -0.1) is 24.0 Å². The van der Waals surface area contributed by atoms with Crippen molar-refractivity contribution in [1.29, 1.82) is 0 Å². The fourth-order valence-corrected chi connectivity index (χ4v) is 4.74. The number of nitrogens with zero attached hydrogens (tertiary/aromatic N) is 3. The van der Waals surface area contributed by atoms with Crippen molar-refractivity contribution < 1.29 is 4.74 Å². The molecule has 0 aliphatic carbocycles. The first kappa shape index (κ1) is 21.8. The smallest absolute Gasteiger partial charge is 0.193 e. The predicted molar refractivity (Wildman–Crippen MR) is 125 cm³/mol. The van der Waals surface area contributed by atoms with Gasteiger partial charge in [0.05, 0.1) is 6.61 Å². The molecule has 1 aromatic rings. The molecule has 0 aromatic heterocycles. The third-order valence-corrected chi connectivity index (χ3v) is 6.46. The van der Waals surface area contributed by atoms with E-state index >= 15 is 0 Å². The molecule has 156 valence electrons. The van der Waals surface area contributed by atoms with Crippen LogP contribution in [0.1, 0.15) is 43.2 Å². The zero-order valence-electron chi connectivity index (χ0n) is 17.2. The Labute approximate surface area is 186 Å². The van der Waals surface area contributed by atoms with Crippen LogP contribution < -0.4 is 5.32 Å². The first-order valence-corrected chi connectivity index (χ1v) is 10.6. The summed E-state index contributed by atoms with van der Waals surface area (Å²) in [7, 11) is 1.89. The van der Waals surface area contributed by atoms with Crippen LogP contribution in [-0.4, -0.2) is 62.2 Å². The Morgan fingerprint density at radius 3 is 2.50 bits per heavy atom. The Kier molecular flexibility index (Phi) is 8.00.